The summed E-state index contributed by atoms with van der Waals surface area (Å²) in [5, 5.41) is 7.21. The molecule has 1 atom stereocenters. The van der Waals surface area contributed by atoms with E-state index in [0.717, 1.165) is 5.56 Å². The molecule has 1 aromatic carbocycles. The molecular weight excluding hydrogens is 406 g/mol. The first-order valence-corrected chi connectivity index (χ1v) is 12.2. The molecule has 6 nitrogen and oxygen atoms in total. The largest absolute Gasteiger partial charge is 0.354 e. The summed E-state index contributed by atoms with van der Waals surface area (Å²) in [4.78, 5) is 15.1. The van der Waals surface area contributed by atoms with Crippen LogP contribution < -0.4 is 5.32 Å². The second kappa shape index (κ2) is 9.38. The lowest BCUT2D eigenvalue weighted by molar-refractivity contribution is -0.126. The van der Waals surface area contributed by atoms with Gasteiger partial charge in [0.25, 0.3) is 0 Å². The maximum Gasteiger partial charge on any atom is 0.243 e. The van der Waals surface area contributed by atoms with Crippen LogP contribution in [0.25, 0.3) is 0 Å². The first kappa shape index (κ1) is 22.0. The van der Waals surface area contributed by atoms with Crippen molar-refractivity contribution in [2.24, 2.45) is 5.92 Å². The second-order valence-electron chi connectivity index (χ2n) is 7.77. The smallest absolute Gasteiger partial charge is 0.243 e. The molecule has 0 saturated carbocycles. The molecule has 1 amide bonds. The zero-order valence-electron chi connectivity index (χ0n) is 17.2. The van der Waals surface area contributed by atoms with Crippen molar-refractivity contribution in [3.05, 3.63) is 52.2 Å². The van der Waals surface area contributed by atoms with Crippen molar-refractivity contribution in [3.8, 4) is 0 Å². The lowest BCUT2D eigenvalue weighted by Gasteiger charge is -2.31. The van der Waals surface area contributed by atoms with E-state index in [1.807, 2.05) is 38.5 Å². The zero-order valence-corrected chi connectivity index (χ0v) is 18.8. The lowest BCUT2D eigenvalue weighted by Crippen LogP contribution is -2.44. The van der Waals surface area contributed by atoms with Gasteiger partial charge in [-0.1, -0.05) is 17.7 Å². The van der Waals surface area contributed by atoms with Crippen molar-refractivity contribution in [1.82, 2.24) is 14.5 Å². The predicted molar refractivity (Wildman–Crippen MR) is 116 cm³/mol. The topological polar surface area (TPSA) is 69.7 Å². The van der Waals surface area contributed by atoms with Crippen molar-refractivity contribution in [1.29, 1.82) is 0 Å². The normalized spacial score (nSPS) is 17.4. The van der Waals surface area contributed by atoms with E-state index in [1.165, 1.54) is 9.87 Å². The monoisotopic (exact) mass is 435 g/mol. The summed E-state index contributed by atoms with van der Waals surface area (Å²) < 4.78 is 27.1. The van der Waals surface area contributed by atoms with Gasteiger partial charge in [0, 0.05) is 25.6 Å². The molecule has 29 heavy (non-hydrogen) atoms. The van der Waals surface area contributed by atoms with E-state index < -0.39 is 10.0 Å². The average molecular weight is 436 g/mol. The molecule has 8 heteroatoms. The fourth-order valence-electron chi connectivity index (χ4n) is 3.62. The van der Waals surface area contributed by atoms with Gasteiger partial charge in [-0.15, -0.1) is 0 Å². The Labute approximate surface area is 177 Å². The SMILES string of the molecule is Cc1ccc(S(=O)(=O)N2CCC(C(=O)NCC(c3ccsc3)N(C)C)CC2)cc1. The van der Waals surface area contributed by atoms with Crippen LogP contribution in [0.2, 0.25) is 0 Å². The van der Waals surface area contributed by atoms with Crippen LogP contribution in [0.4, 0.5) is 0 Å². The van der Waals surface area contributed by atoms with Crippen molar-refractivity contribution in [3.63, 3.8) is 0 Å². The van der Waals surface area contributed by atoms with Gasteiger partial charge in [0.15, 0.2) is 0 Å². The molecule has 0 radical (unpaired) electrons. The number of thiophene rings is 1. The number of amides is 1. The highest BCUT2D eigenvalue weighted by atomic mass is 32.2. The van der Waals surface area contributed by atoms with Crippen molar-refractivity contribution < 1.29 is 13.2 Å². The van der Waals surface area contributed by atoms with Crippen LogP contribution in [0.1, 0.15) is 30.0 Å². The first-order chi connectivity index (χ1) is 13.8. The van der Waals surface area contributed by atoms with Gasteiger partial charge in [0.2, 0.25) is 15.9 Å². The number of sulfonamides is 1. The number of nitrogens with one attached hydrogen (secondary N) is 1. The Morgan fingerprint density at radius 1 is 1.21 bits per heavy atom. The second-order valence-corrected chi connectivity index (χ2v) is 10.5. The average Bonchev–Trinajstić information content (AvgIpc) is 3.22. The van der Waals surface area contributed by atoms with Gasteiger partial charge in [-0.2, -0.15) is 15.6 Å². The van der Waals surface area contributed by atoms with Crippen LogP contribution in [0.5, 0.6) is 0 Å². The summed E-state index contributed by atoms with van der Waals surface area (Å²) in [5.41, 5.74) is 2.22. The summed E-state index contributed by atoms with van der Waals surface area (Å²) in [6.07, 6.45) is 1.09. The van der Waals surface area contributed by atoms with E-state index in [-0.39, 0.29) is 17.9 Å². The fraction of sp³-hybridized carbons (Fsp3) is 0.476. The molecule has 3 rings (SSSR count). The van der Waals surface area contributed by atoms with E-state index >= 15 is 0 Å². The summed E-state index contributed by atoms with van der Waals surface area (Å²) in [6.45, 7) is 3.22. The molecule has 2 heterocycles. The van der Waals surface area contributed by atoms with E-state index in [4.69, 9.17) is 0 Å². The number of carbonyl (C=O) groups excluding carboxylic acids is 1. The number of rotatable bonds is 7. The van der Waals surface area contributed by atoms with E-state index in [1.54, 1.807) is 23.5 Å². The molecule has 0 bridgehead atoms. The van der Waals surface area contributed by atoms with Gasteiger partial charge in [-0.3, -0.25) is 4.79 Å². The molecule has 1 saturated heterocycles. The highest BCUT2D eigenvalue weighted by Gasteiger charge is 2.32. The Balaban J connectivity index is 1.54. The molecule has 0 aliphatic carbocycles. The summed E-state index contributed by atoms with van der Waals surface area (Å²) >= 11 is 1.65. The lowest BCUT2D eigenvalue weighted by atomic mass is 9.97. The van der Waals surface area contributed by atoms with Crippen molar-refractivity contribution >= 4 is 27.3 Å². The summed E-state index contributed by atoms with van der Waals surface area (Å²) in [6, 6.07) is 9.12. The number of benzene rings is 1. The summed E-state index contributed by atoms with van der Waals surface area (Å²) in [7, 11) is 0.507. The maximum absolute atomic E-state index is 12.8. The van der Waals surface area contributed by atoms with Gasteiger partial charge in [-0.05, 0) is 68.4 Å². The Morgan fingerprint density at radius 2 is 1.86 bits per heavy atom. The molecule has 1 fully saturated rings. The third kappa shape index (κ3) is 5.25. The molecule has 0 spiro atoms. The standard InChI is InChI=1S/C21H29N3O3S2/c1-16-4-6-19(7-5-16)29(26,27)24-11-8-17(9-12-24)21(25)22-14-20(23(2)3)18-10-13-28-15-18/h4-7,10,13,15,17,20H,8-9,11-12,14H2,1-3H3,(H,22,25). The Kier molecular flexibility index (Phi) is 7.10. The van der Waals surface area contributed by atoms with E-state index in [0.29, 0.717) is 37.4 Å². The molecule has 1 aliphatic heterocycles. The Hall–Kier alpha value is -1.74. The van der Waals surface area contributed by atoms with Crippen LogP contribution in [0.15, 0.2) is 46.0 Å². The number of hydrogen-bond acceptors (Lipinski definition) is 5. The first-order valence-electron chi connectivity index (χ1n) is 9.82. The van der Waals surface area contributed by atoms with Gasteiger partial charge in [0.05, 0.1) is 10.9 Å². The number of hydrogen-bond donors (Lipinski definition) is 1. The molecule has 158 valence electrons. The highest BCUT2D eigenvalue weighted by Crippen LogP contribution is 2.25. The Morgan fingerprint density at radius 3 is 2.41 bits per heavy atom. The van der Waals surface area contributed by atoms with Gasteiger partial charge in [-0.25, -0.2) is 8.42 Å². The van der Waals surface area contributed by atoms with Gasteiger partial charge >= 0.3 is 0 Å². The predicted octanol–water partition coefficient (Wildman–Crippen LogP) is 2.88. The molecule has 1 N–H and O–H groups in total. The summed E-state index contributed by atoms with van der Waals surface area (Å²) in [5.74, 6) is -0.135. The minimum absolute atomic E-state index is 0.0134. The number of likely N-dealkylation sites (N-methyl/N-ethyl adjacent to an activating group) is 1. The quantitative estimate of drug-likeness (QED) is 0.726. The third-order valence-corrected chi connectivity index (χ3v) is 8.12. The zero-order chi connectivity index (χ0) is 21.0. The molecule has 2 aromatic rings. The minimum Gasteiger partial charge on any atom is -0.354 e. The molecular formula is C21H29N3O3S2. The molecule has 1 aliphatic rings. The van der Waals surface area contributed by atoms with Crippen molar-refractivity contribution in [2.75, 3.05) is 33.7 Å². The van der Waals surface area contributed by atoms with Crippen LogP contribution >= 0.6 is 11.3 Å². The van der Waals surface area contributed by atoms with Crippen LogP contribution in [-0.2, 0) is 14.8 Å². The van der Waals surface area contributed by atoms with Gasteiger partial charge < -0.3 is 10.2 Å². The number of piperidine rings is 1. The Bertz CT molecular complexity index is 901. The fourth-order valence-corrected chi connectivity index (χ4v) is 5.80. The molecule has 1 unspecified atom stereocenters. The van der Waals surface area contributed by atoms with Gasteiger partial charge in [0.1, 0.15) is 0 Å². The highest BCUT2D eigenvalue weighted by molar-refractivity contribution is 7.89. The maximum atomic E-state index is 12.8. The van der Waals surface area contributed by atoms with E-state index in [2.05, 4.69) is 21.7 Å². The number of carbonyl (C=O) groups is 1. The number of nitrogens with zero attached hydrogens (tertiary/aromatic N) is 2. The minimum atomic E-state index is -3.50. The van der Waals surface area contributed by atoms with E-state index in [9.17, 15) is 13.2 Å². The molecule has 1 aromatic heterocycles. The number of aryl methyl sites for hydroxylation is 1. The van der Waals surface area contributed by atoms with Crippen molar-refractivity contribution in [2.45, 2.75) is 30.7 Å². The van der Waals surface area contributed by atoms with Crippen LogP contribution in [0.3, 0.4) is 0 Å². The van der Waals surface area contributed by atoms with Crippen LogP contribution in [-0.4, -0.2) is 57.3 Å². The van der Waals surface area contributed by atoms with Crippen LogP contribution in [0, 0.1) is 12.8 Å². The third-order valence-electron chi connectivity index (χ3n) is 5.50.